The first-order valence-corrected chi connectivity index (χ1v) is 7.17. The molecule has 1 aliphatic carbocycles. The Labute approximate surface area is 120 Å². The number of hydrogen-bond acceptors (Lipinski definition) is 0. The molecule has 0 heterocycles. The van der Waals surface area contributed by atoms with E-state index in [0.29, 0.717) is 0 Å². The van der Waals surface area contributed by atoms with Crippen LogP contribution in [-0.2, 0) is 0 Å². The molecular weight excluding hydrogens is 331 g/mol. The zero-order valence-electron chi connectivity index (χ0n) is 10.00. The van der Waals surface area contributed by atoms with Crippen LogP contribution in [-0.4, -0.2) is 0 Å². The highest BCUT2D eigenvalue weighted by Crippen LogP contribution is 2.49. The zero-order valence-corrected chi connectivity index (χ0v) is 12.2. The summed E-state index contributed by atoms with van der Waals surface area (Å²) in [5.41, 5.74) is 6.99. The highest BCUT2D eigenvalue weighted by atomic mass is 127. The van der Waals surface area contributed by atoms with Gasteiger partial charge in [-0.05, 0) is 74.2 Å². The topological polar surface area (TPSA) is 0 Å². The van der Waals surface area contributed by atoms with E-state index in [0.717, 1.165) is 0 Å². The van der Waals surface area contributed by atoms with Crippen LogP contribution in [0.3, 0.4) is 0 Å². The van der Waals surface area contributed by atoms with Crippen molar-refractivity contribution in [1.82, 2.24) is 0 Å². The minimum absolute atomic E-state index is 1.35. The number of fused-ring (bicyclic) bond motifs is 3. The Bertz CT molecular complexity index is 800. The fraction of sp³-hybridized carbons (Fsp3) is 0.0588. The van der Waals surface area contributed by atoms with E-state index in [1.807, 2.05) is 0 Å². The summed E-state index contributed by atoms with van der Waals surface area (Å²) in [6.07, 6.45) is 0. The van der Waals surface area contributed by atoms with Gasteiger partial charge < -0.3 is 0 Å². The van der Waals surface area contributed by atoms with Crippen LogP contribution in [0, 0.1) is 10.5 Å². The van der Waals surface area contributed by atoms with Gasteiger partial charge in [0.25, 0.3) is 0 Å². The Hall–Kier alpha value is -1.35. The van der Waals surface area contributed by atoms with Gasteiger partial charge in [-0.15, -0.1) is 0 Å². The van der Waals surface area contributed by atoms with E-state index < -0.39 is 0 Å². The van der Waals surface area contributed by atoms with Crippen LogP contribution >= 0.6 is 22.6 Å². The monoisotopic (exact) mass is 342 g/mol. The Morgan fingerprint density at radius 2 is 1.56 bits per heavy atom. The fourth-order valence-corrected chi connectivity index (χ4v) is 3.62. The average Bonchev–Trinajstić information content (AvgIpc) is 2.73. The summed E-state index contributed by atoms with van der Waals surface area (Å²) in [4.78, 5) is 0. The zero-order chi connectivity index (χ0) is 12.3. The minimum atomic E-state index is 1.35. The molecule has 0 radical (unpaired) electrons. The van der Waals surface area contributed by atoms with Gasteiger partial charge in [-0.3, -0.25) is 0 Å². The van der Waals surface area contributed by atoms with Gasteiger partial charge in [0.05, 0.1) is 0 Å². The highest BCUT2D eigenvalue weighted by molar-refractivity contribution is 14.1. The Balaban J connectivity index is 2.33. The quantitative estimate of drug-likeness (QED) is 0.375. The molecule has 0 N–H and O–H groups in total. The molecule has 0 amide bonds. The molecular formula is C17H11I. The molecule has 0 aliphatic heterocycles. The van der Waals surface area contributed by atoms with Crippen molar-refractivity contribution in [3.63, 3.8) is 0 Å². The predicted octanol–water partition coefficient (Wildman–Crippen LogP) is 5.40. The van der Waals surface area contributed by atoms with Crippen molar-refractivity contribution in [3.05, 3.63) is 57.7 Å². The number of benzene rings is 3. The first-order valence-electron chi connectivity index (χ1n) is 6.09. The van der Waals surface area contributed by atoms with Gasteiger partial charge >= 0.3 is 0 Å². The molecule has 0 spiro atoms. The highest BCUT2D eigenvalue weighted by Gasteiger charge is 2.23. The molecule has 3 aromatic rings. The van der Waals surface area contributed by atoms with Crippen LogP contribution in [0.25, 0.3) is 33.0 Å². The Morgan fingerprint density at radius 3 is 2.39 bits per heavy atom. The van der Waals surface area contributed by atoms with Gasteiger partial charge in [-0.2, -0.15) is 0 Å². The lowest BCUT2D eigenvalue weighted by atomic mass is 9.99. The molecule has 0 atom stereocenters. The minimum Gasteiger partial charge on any atom is -0.0616 e. The van der Waals surface area contributed by atoms with Gasteiger partial charge in [0.2, 0.25) is 0 Å². The van der Waals surface area contributed by atoms with Gasteiger partial charge in [0.15, 0.2) is 0 Å². The normalized spacial score (nSPS) is 11.9. The van der Waals surface area contributed by atoms with Gasteiger partial charge in [-0.1, -0.05) is 42.5 Å². The molecule has 0 saturated carbocycles. The van der Waals surface area contributed by atoms with Crippen LogP contribution in [0.15, 0.2) is 48.5 Å². The van der Waals surface area contributed by atoms with Crippen molar-refractivity contribution in [2.75, 3.05) is 0 Å². The molecule has 18 heavy (non-hydrogen) atoms. The second kappa shape index (κ2) is 3.58. The Morgan fingerprint density at radius 1 is 0.833 bits per heavy atom. The van der Waals surface area contributed by atoms with Crippen molar-refractivity contribution in [2.24, 2.45) is 0 Å². The number of hydrogen-bond donors (Lipinski definition) is 0. The second-order valence-electron chi connectivity index (χ2n) is 4.81. The maximum atomic E-state index is 2.44. The fourth-order valence-electron chi connectivity index (χ4n) is 3.02. The number of rotatable bonds is 0. The van der Waals surface area contributed by atoms with Crippen LogP contribution in [0.5, 0.6) is 0 Å². The van der Waals surface area contributed by atoms with Crippen molar-refractivity contribution >= 4 is 33.4 Å². The largest absolute Gasteiger partial charge is 0.0616 e. The summed E-state index contributed by atoms with van der Waals surface area (Å²) >= 11 is 2.44. The van der Waals surface area contributed by atoms with Crippen LogP contribution in [0.4, 0.5) is 0 Å². The molecule has 0 bridgehead atoms. The average molecular weight is 342 g/mol. The van der Waals surface area contributed by atoms with E-state index in [1.165, 1.54) is 42.2 Å². The van der Waals surface area contributed by atoms with Crippen molar-refractivity contribution < 1.29 is 0 Å². The van der Waals surface area contributed by atoms with Crippen LogP contribution in [0.1, 0.15) is 5.56 Å². The first-order chi connectivity index (χ1) is 8.77. The molecule has 4 rings (SSSR count). The maximum Gasteiger partial charge on any atom is 0.0172 e. The van der Waals surface area contributed by atoms with Crippen molar-refractivity contribution in [2.45, 2.75) is 6.92 Å². The van der Waals surface area contributed by atoms with Crippen molar-refractivity contribution in [1.29, 1.82) is 0 Å². The molecule has 86 valence electrons. The smallest absolute Gasteiger partial charge is 0.0172 e. The summed E-state index contributed by atoms with van der Waals surface area (Å²) < 4.78 is 1.35. The van der Waals surface area contributed by atoms with Gasteiger partial charge in [-0.25, -0.2) is 0 Å². The molecule has 0 fully saturated rings. The molecule has 0 saturated heterocycles. The van der Waals surface area contributed by atoms with E-state index in [1.54, 1.807) is 0 Å². The molecule has 1 heteroatoms. The SMILES string of the molecule is Cc1c(I)cc2cccc3c2c1-c1ccccc1-3. The first kappa shape index (κ1) is 10.6. The lowest BCUT2D eigenvalue weighted by Crippen LogP contribution is -1.86. The summed E-state index contributed by atoms with van der Waals surface area (Å²) in [6, 6.07) is 17.7. The van der Waals surface area contributed by atoms with E-state index in [9.17, 15) is 0 Å². The summed E-state index contributed by atoms with van der Waals surface area (Å²) in [5.74, 6) is 0. The number of halogens is 1. The molecule has 0 unspecified atom stereocenters. The van der Waals surface area contributed by atoms with Crippen molar-refractivity contribution in [3.8, 4) is 22.3 Å². The van der Waals surface area contributed by atoms with E-state index in [-0.39, 0.29) is 0 Å². The third-order valence-electron chi connectivity index (χ3n) is 3.85. The molecule has 0 nitrogen and oxygen atoms in total. The standard InChI is InChI=1S/C17H11I/c1-10-15(18)9-11-5-4-8-14-12-6-2-3-7-13(12)16(10)17(11)14/h2-9H,1H3. The Kier molecular flexibility index (Phi) is 2.10. The summed E-state index contributed by atoms with van der Waals surface area (Å²) in [5, 5.41) is 2.78. The van der Waals surface area contributed by atoms with Crippen LogP contribution in [0.2, 0.25) is 0 Å². The third kappa shape index (κ3) is 1.20. The van der Waals surface area contributed by atoms with E-state index >= 15 is 0 Å². The summed E-state index contributed by atoms with van der Waals surface area (Å²) in [6.45, 7) is 2.23. The lowest BCUT2D eigenvalue weighted by Gasteiger charge is -2.08. The molecule has 3 aromatic carbocycles. The summed E-state index contributed by atoms with van der Waals surface area (Å²) in [7, 11) is 0. The lowest BCUT2D eigenvalue weighted by molar-refractivity contribution is 1.46. The van der Waals surface area contributed by atoms with E-state index in [4.69, 9.17) is 0 Å². The van der Waals surface area contributed by atoms with E-state index in [2.05, 4.69) is 78.0 Å². The second-order valence-corrected chi connectivity index (χ2v) is 5.97. The van der Waals surface area contributed by atoms with Crippen LogP contribution < -0.4 is 0 Å². The predicted molar refractivity (Wildman–Crippen MR) is 85.8 cm³/mol. The molecule has 1 aliphatic rings. The molecule has 0 aromatic heterocycles. The van der Waals surface area contributed by atoms with Gasteiger partial charge in [0.1, 0.15) is 0 Å². The third-order valence-corrected chi connectivity index (χ3v) is 4.97. The van der Waals surface area contributed by atoms with Gasteiger partial charge in [0, 0.05) is 3.57 Å². The maximum absolute atomic E-state index is 2.44.